The van der Waals surface area contributed by atoms with Crippen LogP contribution in [0.3, 0.4) is 0 Å². The monoisotopic (exact) mass is 345 g/mol. The third-order valence-corrected chi connectivity index (χ3v) is 5.87. The number of quaternary nitrogens is 1. The lowest BCUT2D eigenvalue weighted by Gasteiger charge is -2.27. The maximum absolute atomic E-state index is 12.6. The first-order valence-electron chi connectivity index (χ1n) is 10.1. The zero-order chi connectivity index (χ0) is 17.5. The molecule has 2 saturated carbocycles. The third kappa shape index (κ3) is 5.46. The van der Waals surface area contributed by atoms with Crippen molar-refractivity contribution in [2.24, 2.45) is 0 Å². The summed E-state index contributed by atoms with van der Waals surface area (Å²) in [6, 6.07) is 8.42. The number of phenols is 1. The molecule has 0 saturated heterocycles. The number of para-hydroxylation sites is 1. The second-order valence-corrected chi connectivity index (χ2v) is 7.86. The number of hydrogen-bond acceptors (Lipinski definition) is 2. The van der Waals surface area contributed by atoms with Gasteiger partial charge in [-0.15, -0.1) is 0 Å². The van der Waals surface area contributed by atoms with Crippen LogP contribution >= 0.6 is 0 Å². The number of nitrogens with two attached hydrogens (primary N) is 1. The Morgan fingerprint density at radius 2 is 1.68 bits per heavy atom. The van der Waals surface area contributed by atoms with Gasteiger partial charge in [-0.1, -0.05) is 37.8 Å². The molecule has 0 bridgehead atoms. The van der Waals surface area contributed by atoms with Crippen LogP contribution in [0.2, 0.25) is 0 Å². The number of rotatable bonds is 6. The third-order valence-electron chi connectivity index (χ3n) is 5.87. The molecule has 1 amide bonds. The van der Waals surface area contributed by atoms with E-state index in [-0.39, 0.29) is 11.9 Å². The maximum atomic E-state index is 12.6. The number of aromatic hydroxyl groups is 1. The average molecular weight is 346 g/mol. The summed E-state index contributed by atoms with van der Waals surface area (Å²) in [7, 11) is 0. The molecule has 0 aliphatic heterocycles. The first kappa shape index (κ1) is 18.2. The lowest BCUT2D eigenvalue weighted by molar-refractivity contribution is -0.729. The second kappa shape index (κ2) is 9.23. The second-order valence-electron chi connectivity index (χ2n) is 7.86. The van der Waals surface area contributed by atoms with Crippen LogP contribution in [-0.4, -0.2) is 23.1 Å². The Morgan fingerprint density at radius 1 is 1.04 bits per heavy atom. The normalized spacial score (nSPS) is 21.0. The predicted molar refractivity (Wildman–Crippen MR) is 99.3 cm³/mol. The topological polar surface area (TPSA) is 65.9 Å². The fourth-order valence-corrected chi connectivity index (χ4v) is 4.47. The highest BCUT2D eigenvalue weighted by Gasteiger charge is 2.28. The molecule has 3 rings (SSSR count). The molecular weight excluding hydrogens is 312 g/mol. The molecule has 0 radical (unpaired) electrons. The number of benzene rings is 1. The Labute approximate surface area is 151 Å². The minimum Gasteiger partial charge on any atom is -0.507 e. The van der Waals surface area contributed by atoms with E-state index in [4.69, 9.17) is 0 Å². The highest BCUT2D eigenvalue weighted by atomic mass is 16.3. The van der Waals surface area contributed by atoms with Crippen molar-refractivity contribution in [1.29, 1.82) is 0 Å². The molecule has 4 heteroatoms. The molecule has 2 fully saturated rings. The van der Waals surface area contributed by atoms with Crippen molar-refractivity contribution >= 4 is 5.91 Å². The van der Waals surface area contributed by atoms with Crippen LogP contribution in [-0.2, 0) is 4.79 Å². The molecule has 4 nitrogen and oxygen atoms in total. The van der Waals surface area contributed by atoms with Crippen molar-refractivity contribution in [3.63, 3.8) is 0 Å². The summed E-state index contributed by atoms with van der Waals surface area (Å²) in [6.07, 6.45) is 12.7. The number of carbonyl (C=O) groups excluding carboxylic acids is 1. The summed E-state index contributed by atoms with van der Waals surface area (Å²) < 4.78 is 0. The van der Waals surface area contributed by atoms with Crippen molar-refractivity contribution in [2.45, 2.75) is 88.8 Å². The first-order chi connectivity index (χ1) is 12.2. The Bertz CT molecular complexity index is 549. The van der Waals surface area contributed by atoms with Crippen LogP contribution in [0.4, 0.5) is 0 Å². The minimum atomic E-state index is 0.00731. The SMILES string of the molecule is O=C(C[C@@H]([NH2+]C1CCCCC1)c1ccccc1O)NC1CCCCC1. The van der Waals surface area contributed by atoms with Crippen LogP contribution in [0.5, 0.6) is 5.75 Å². The molecule has 1 atom stereocenters. The van der Waals surface area contributed by atoms with Crippen molar-refractivity contribution in [3.05, 3.63) is 29.8 Å². The highest BCUT2D eigenvalue weighted by molar-refractivity contribution is 5.77. The van der Waals surface area contributed by atoms with Crippen LogP contribution in [0.15, 0.2) is 24.3 Å². The lowest BCUT2D eigenvalue weighted by atomic mass is 9.92. The van der Waals surface area contributed by atoms with Gasteiger partial charge in [0.05, 0.1) is 18.0 Å². The van der Waals surface area contributed by atoms with Gasteiger partial charge in [-0.2, -0.15) is 0 Å². The molecule has 138 valence electrons. The van der Waals surface area contributed by atoms with Crippen LogP contribution in [0, 0.1) is 0 Å². The van der Waals surface area contributed by atoms with E-state index in [9.17, 15) is 9.90 Å². The number of amides is 1. The zero-order valence-electron chi connectivity index (χ0n) is 15.3. The van der Waals surface area contributed by atoms with E-state index in [1.54, 1.807) is 6.07 Å². The van der Waals surface area contributed by atoms with E-state index in [0.29, 0.717) is 24.3 Å². The van der Waals surface area contributed by atoms with Gasteiger partial charge in [-0.3, -0.25) is 4.79 Å². The van der Waals surface area contributed by atoms with E-state index in [1.165, 1.54) is 51.4 Å². The van der Waals surface area contributed by atoms with E-state index in [0.717, 1.165) is 18.4 Å². The van der Waals surface area contributed by atoms with Crippen LogP contribution in [0.1, 0.15) is 82.2 Å². The van der Waals surface area contributed by atoms with Gasteiger partial charge in [-0.25, -0.2) is 0 Å². The quantitative estimate of drug-likeness (QED) is 0.741. The molecule has 0 spiro atoms. The smallest absolute Gasteiger partial charge is 0.226 e. The standard InChI is InChI=1S/C21H32N2O2/c24-20-14-8-7-13-18(20)19(22-16-9-3-1-4-10-16)15-21(25)23-17-11-5-2-6-12-17/h7-8,13-14,16-17,19,22,24H,1-6,9-12,15H2,(H,23,25)/p+1/t19-/m1/s1. The van der Waals surface area contributed by atoms with E-state index in [1.807, 2.05) is 18.2 Å². The van der Waals surface area contributed by atoms with Gasteiger partial charge in [0.25, 0.3) is 0 Å². The number of nitrogens with one attached hydrogen (secondary N) is 1. The Morgan fingerprint density at radius 3 is 2.36 bits per heavy atom. The molecule has 2 aliphatic carbocycles. The largest absolute Gasteiger partial charge is 0.507 e. The fraction of sp³-hybridized carbons (Fsp3) is 0.667. The van der Waals surface area contributed by atoms with Gasteiger partial charge in [0.1, 0.15) is 11.8 Å². The summed E-state index contributed by atoms with van der Waals surface area (Å²) in [5.74, 6) is 0.442. The first-order valence-corrected chi connectivity index (χ1v) is 10.1. The Balaban J connectivity index is 1.64. The molecule has 1 aromatic carbocycles. The predicted octanol–water partition coefficient (Wildman–Crippen LogP) is 3.17. The van der Waals surface area contributed by atoms with Gasteiger partial charge in [-0.05, 0) is 50.7 Å². The molecule has 4 N–H and O–H groups in total. The lowest BCUT2D eigenvalue weighted by Crippen LogP contribution is -2.91. The summed E-state index contributed by atoms with van der Waals surface area (Å²) in [5.41, 5.74) is 0.895. The molecule has 25 heavy (non-hydrogen) atoms. The Hall–Kier alpha value is -1.55. The zero-order valence-corrected chi connectivity index (χ0v) is 15.3. The minimum absolute atomic E-state index is 0.00731. The Kier molecular flexibility index (Phi) is 6.74. The molecule has 0 aromatic heterocycles. The van der Waals surface area contributed by atoms with Gasteiger partial charge in [0.15, 0.2) is 0 Å². The number of phenolic OH excluding ortho intramolecular Hbond substituents is 1. The van der Waals surface area contributed by atoms with Gasteiger partial charge >= 0.3 is 0 Å². The van der Waals surface area contributed by atoms with Gasteiger partial charge in [0, 0.05) is 6.04 Å². The maximum Gasteiger partial charge on any atom is 0.226 e. The van der Waals surface area contributed by atoms with E-state index >= 15 is 0 Å². The van der Waals surface area contributed by atoms with Crippen molar-refractivity contribution < 1.29 is 15.2 Å². The number of hydrogen-bond donors (Lipinski definition) is 3. The highest BCUT2D eigenvalue weighted by Crippen LogP contribution is 2.25. The summed E-state index contributed by atoms with van der Waals surface area (Å²) >= 11 is 0. The number of carbonyl (C=O) groups is 1. The molecule has 1 aromatic rings. The van der Waals surface area contributed by atoms with E-state index < -0.39 is 0 Å². The molecule has 2 aliphatic rings. The van der Waals surface area contributed by atoms with Crippen molar-refractivity contribution in [1.82, 2.24) is 5.32 Å². The average Bonchev–Trinajstić information content (AvgIpc) is 2.63. The molecule has 0 heterocycles. The van der Waals surface area contributed by atoms with Gasteiger partial charge < -0.3 is 15.7 Å². The summed E-state index contributed by atoms with van der Waals surface area (Å²) in [5, 5.41) is 15.9. The van der Waals surface area contributed by atoms with E-state index in [2.05, 4.69) is 10.6 Å². The summed E-state index contributed by atoms with van der Waals surface area (Å²) in [4.78, 5) is 12.6. The fourth-order valence-electron chi connectivity index (χ4n) is 4.47. The van der Waals surface area contributed by atoms with Crippen molar-refractivity contribution in [3.8, 4) is 5.75 Å². The van der Waals surface area contributed by atoms with Gasteiger partial charge in [0.2, 0.25) is 5.91 Å². The summed E-state index contributed by atoms with van der Waals surface area (Å²) in [6.45, 7) is 0. The van der Waals surface area contributed by atoms with Crippen LogP contribution < -0.4 is 10.6 Å². The molecule has 0 unspecified atom stereocenters. The molecular formula is C21H33N2O2+. The van der Waals surface area contributed by atoms with Crippen molar-refractivity contribution in [2.75, 3.05) is 0 Å². The van der Waals surface area contributed by atoms with Crippen LogP contribution in [0.25, 0.3) is 0 Å².